The number of aromatic amines is 1. The van der Waals surface area contributed by atoms with E-state index in [1.165, 1.54) is 11.3 Å². The van der Waals surface area contributed by atoms with Crippen molar-refractivity contribution in [3.8, 4) is 0 Å². The van der Waals surface area contributed by atoms with Crippen molar-refractivity contribution in [3.63, 3.8) is 0 Å². The lowest BCUT2D eigenvalue weighted by Crippen LogP contribution is -2.35. The molecule has 0 saturated carbocycles. The summed E-state index contributed by atoms with van der Waals surface area (Å²) in [7, 11) is 0. The molecule has 0 aliphatic carbocycles. The van der Waals surface area contributed by atoms with Gasteiger partial charge in [0.05, 0.1) is 38.9 Å². The monoisotopic (exact) mass is 318 g/mol. The van der Waals surface area contributed by atoms with Gasteiger partial charge in [0.25, 0.3) is 5.91 Å². The first-order chi connectivity index (χ1) is 10.2. The van der Waals surface area contributed by atoms with Gasteiger partial charge in [0.1, 0.15) is 0 Å². The maximum absolute atomic E-state index is 12.7. The maximum atomic E-state index is 12.7. The number of aromatic nitrogens is 3. The van der Waals surface area contributed by atoms with Gasteiger partial charge in [0.15, 0.2) is 0 Å². The molecule has 21 heavy (non-hydrogen) atoms. The number of fused-ring (bicyclic) bond motifs is 2. The zero-order valence-electron chi connectivity index (χ0n) is 11.0. The number of H-pyrrole nitrogens is 1. The molecule has 0 unspecified atom stereocenters. The SMILES string of the molecule is O=C(c1cc2c(Cl)cncc2s1)N1CCc2nc[nH]c2C1. The van der Waals surface area contributed by atoms with Crippen molar-refractivity contribution in [2.75, 3.05) is 6.54 Å². The van der Waals surface area contributed by atoms with Crippen molar-refractivity contribution in [2.24, 2.45) is 0 Å². The lowest BCUT2D eigenvalue weighted by Gasteiger charge is -2.25. The van der Waals surface area contributed by atoms with Crippen molar-refractivity contribution >= 4 is 38.9 Å². The predicted molar refractivity (Wildman–Crippen MR) is 81.7 cm³/mol. The van der Waals surface area contributed by atoms with Gasteiger partial charge < -0.3 is 9.88 Å². The van der Waals surface area contributed by atoms with E-state index in [-0.39, 0.29) is 5.91 Å². The summed E-state index contributed by atoms with van der Waals surface area (Å²) in [5, 5.41) is 1.47. The molecule has 106 valence electrons. The average Bonchev–Trinajstić information content (AvgIpc) is 3.12. The highest BCUT2D eigenvalue weighted by Crippen LogP contribution is 2.31. The fourth-order valence-corrected chi connectivity index (χ4v) is 3.87. The topological polar surface area (TPSA) is 61.9 Å². The molecule has 0 fully saturated rings. The summed E-state index contributed by atoms with van der Waals surface area (Å²) in [4.78, 5) is 26.6. The van der Waals surface area contributed by atoms with Crippen LogP contribution in [0, 0.1) is 0 Å². The number of rotatable bonds is 1. The molecule has 1 N–H and O–H groups in total. The molecule has 7 heteroatoms. The van der Waals surface area contributed by atoms with Gasteiger partial charge in [-0.15, -0.1) is 11.3 Å². The normalized spacial score (nSPS) is 14.4. The van der Waals surface area contributed by atoms with E-state index in [9.17, 15) is 4.79 Å². The molecule has 4 heterocycles. The van der Waals surface area contributed by atoms with Crippen LogP contribution in [0.2, 0.25) is 5.02 Å². The quantitative estimate of drug-likeness (QED) is 0.750. The van der Waals surface area contributed by atoms with Crippen LogP contribution >= 0.6 is 22.9 Å². The lowest BCUT2D eigenvalue weighted by molar-refractivity contribution is 0.0737. The Labute approximate surface area is 129 Å². The molecule has 3 aromatic heterocycles. The summed E-state index contributed by atoms with van der Waals surface area (Å²) in [5.74, 6) is 0.0347. The second-order valence-corrected chi connectivity index (χ2v) is 6.44. The number of carbonyl (C=O) groups excluding carboxylic acids is 1. The zero-order chi connectivity index (χ0) is 14.4. The average molecular weight is 319 g/mol. The Balaban J connectivity index is 1.66. The lowest BCUT2D eigenvalue weighted by atomic mass is 10.1. The fraction of sp³-hybridized carbons (Fsp3) is 0.214. The van der Waals surface area contributed by atoms with Crippen molar-refractivity contribution in [1.82, 2.24) is 19.9 Å². The number of imidazole rings is 1. The van der Waals surface area contributed by atoms with Crippen LogP contribution in [0.1, 0.15) is 21.1 Å². The molecule has 4 rings (SSSR count). The van der Waals surface area contributed by atoms with Gasteiger partial charge >= 0.3 is 0 Å². The Hall–Kier alpha value is -1.92. The summed E-state index contributed by atoms with van der Waals surface area (Å²) in [6.07, 6.45) is 5.82. The predicted octanol–water partition coefficient (Wildman–Crippen LogP) is 2.87. The summed E-state index contributed by atoms with van der Waals surface area (Å²) in [6, 6.07) is 1.86. The van der Waals surface area contributed by atoms with Crippen LogP contribution in [0.3, 0.4) is 0 Å². The van der Waals surface area contributed by atoms with E-state index in [2.05, 4.69) is 15.0 Å². The van der Waals surface area contributed by atoms with Gasteiger partial charge in [-0.3, -0.25) is 9.78 Å². The van der Waals surface area contributed by atoms with E-state index < -0.39 is 0 Å². The van der Waals surface area contributed by atoms with E-state index in [1.807, 2.05) is 11.0 Å². The Bertz CT molecular complexity index is 840. The molecule has 1 amide bonds. The molecule has 5 nitrogen and oxygen atoms in total. The standard InChI is InChI=1S/C14H11ClN4OS/c15-9-4-16-5-13-8(9)3-12(21-13)14(20)19-2-1-10-11(6-19)18-7-17-10/h3-5,7H,1-2,6H2,(H,17,18). The number of hydrogen-bond acceptors (Lipinski definition) is 4. The smallest absolute Gasteiger partial charge is 0.264 e. The van der Waals surface area contributed by atoms with Crippen LogP contribution < -0.4 is 0 Å². The third kappa shape index (κ3) is 2.11. The van der Waals surface area contributed by atoms with E-state index in [0.717, 1.165) is 27.9 Å². The molecule has 3 aromatic rings. The van der Waals surface area contributed by atoms with Crippen LogP contribution in [-0.4, -0.2) is 32.3 Å². The summed E-state index contributed by atoms with van der Waals surface area (Å²) in [5.41, 5.74) is 2.08. The molecule has 1 aliphatic rings. The Morgan fingerprint density at radius 1 is 1.43 bits per heavy atom. The molecule has 0 saturated heterocycles. The first kappa shape index (κ1) is 12.8. The number of halogens is 1. The van der Waals surface area contributed by atoms with Crippen LogP contribution in [0.25, 0.3) is 10.1 Å². The minimum absolute atomic E-state index is 0.0347. The largest absolute Gasteiger partial charge is 0.347 e. The third-order valence-corrected chi connectivity index (χ3v) is 5.03. The fourth-order valence-electron chi connectivity index (χ4n) is 2.57. The number of nitrogens with zero attached hydrogens (tertiary/aromatic N) is 3. The van der Waals surface area contributed by atoms with E-state index in [0.29, 0.717) is 23.0 Å². The van der Waals surface area contributed by atoms with Crippen LogP contribution in [0.4, 0.5) is 0 Å². The van der Waals surface area contributed by atoms with Crippen LogP contribution in [0.5, 0.6) is 0 Å². The van der Waals surface area contributed by atoms with Crippen molar-refractivity contribution in [2.45, 2.75) is 13.0 Å². The van der Waals surface area contributed by atoms with Gasteiger partial charge in [0, 0.05) is 30.7 Å². The van der Waals surface area contributed by atoms with E-state index in [1.54, 1.807) is 18.7 Å². The maximum Gasteiger partial charge on any atom is 0.264 e. The van der Waals surface area contributed by atoms with Crippen LogP contribution in [-0.2, 0) is 13.0 Å². The number of nitrogens with one attached hydrogen (secondary N) is 1. The Morgan fingerprint density at radius 3 is 3.19 bits per heavy atom. The van der Waals surface area contributed by atoms with Gasteiger partial charge in [-0.25, -0.2) is 4.98 Å². The highest BCUT2D eigenvalue weighted by molar-refractivity contribution is 7.20. The second kappa shape index (κ2) is 4.82. The van der Waals surface area contributed by atoms with E-state index in [4.69, 9.17) is 11.6 Å². The first-order valence-electron chi connectivity index (χ1n) is 6.56. The molecule has 0 atom stereocenters. The number of pyridine rings is 1. The molecule has 1 aliphatic heterocycles. The molecular formula is C14H11ClN4OS. The minimum atomic E-state index is 0.0347. The molecular weight excluding hydrogens is 308 g/mol. The van der Waals surface area contributed by atoms with Gasteiger partial charge in [0.2, 0.25) is 0 Å². The van der Waals surface area contributed by atoms with Gasteiger partial charge in [-0.1, -0.05) is 11.6 Å². The second-order valence-electron chi connectivity index (χ2n) is 4.95. The summed E-state index contributed by atoms with van der Waals surface area (Å²) < 4.78 is 0.935. The van der Waals surface area contributed by atoms with Gasteiger partial charge in [-0.05, 0) is 6.07 Å². The van der Waals surface area contributed by atoms with Crippen molar-refractivity contribution in [3.05, 3.63) is 46.1 Å². The van der Waals surface area contributed by atoms with Gasteiger partial charge in [-0.2, -0.15) is 0 Å². The molecule has 0 bridgehead atoms. The molecule has 0 spiro atoms. The number of thiophene rings is 1. The Morgan fingerprint density at radius 2 is 2.33 bits per heavy atom. The van der Waals surface area contributed by atoms with Crippen molar-refractivity contribution < 1.29 is 4.79 Å². The Kier molecular flexibility index (Phi) is 2.94. The highest BCUT2D eigenvalue weighted by Gasteiger charge is 2.24. The first-order valence-corrected chi connectivity index (χ1v) is 7.75. The van der Waals surface area contributed by atoms with Crippen molar-refractivity contribution in [1.29, 1.82) is 0 Å². The highest BCUT2D eigenvalue weighted by atomic mass is 35.5. The molecule has 0 aromatic carbocycles. The number of carbonyl (C=O) groups is 1. The zero-order valence-corrected chi connectivity index (χ0v) is 12.5. The minimum Gasteiger partial charge on any atom is -0.347 e. The molecule has 0 radical (unpaired) electrons. The van der Waals surface area contributed by atoms with E-state index >= 15 is 0 Å². The summed E-state index contributed by atoms with van der Waals surface area (Å²) >= 11 is 7.55. The summed E-state index contributed by atoms with van der Waals surface area (Å²) in [6.45, 7) is 1.27. The third-order valence-electron chi connectivity index (χ3n) is 3.67. The number of hydrogen-bond donors (Lipinski definition) is 1. The van der Waals surface area contributed by atoms with Crippen LogP contribution in [0.15, 0.2) is 24.8 Å². The number of amides is 1.